The quantitative estimate of drug-likeness (QED) is 0.869. The molecule has 1 aliphatic heterocycles. The number of aromatic nitrogens is 1. The maximum atomic E-state index is 12.6. The molecule has 0 radical (unpaired) electrons. The van der Waals surface area contributed by atoms with Crippen LogP contribution in [0.25, 0.3) is 0 Å². The van der Waals surface area contributed by atoms with Crippen molar-refractivity contribution in [3.8, 4) is 6.07 Å². The number of thiophene rings is 1. The molecule has 2 amide bonds. The molecule has 0 bridgehead atoms. The molecule has 3 rings (SSSR count). The maximum Gasteiger partial charge on any atom is 0.317 e. The fourth-order valence-electron chi connectivity index (χ4n) is 2.98. The van der Waals surface area contributed by atoms with Gasteiger partial charge in [0.25, 0.3) is 0 Å². The summed E-state index contributed by atoms with van der Waals surface area (Å²) in [7, 11) is 0. The molecular weight excluding hydrogens is 370 g/mol. The van der Waals surface area contributed by atoms with Crippen molar-refractivity contribution in [3.63, 3.8) is 0 Å². The maximum absolute atomic E-state index is 12.6. The molecule has 8 heteroatoms. The largest absolute Gasteiger partial charge is 0.354 e. The molecule has 136 valence electrons. The molecule has 0 spiro atoms. The van der Waals surface area contributed by atoms with E-state index in [0.717, 1.165) is 22.2 Å². The summed E-state index contributed by atoms with van der Waals surface area (Å²) >= 11 is 7.45. The minimum Gasteiger partial charge on any atom is -0.354 e. The first-order valence-corrected chi connectivity index (χ1v) is 9.68. The highest BCUT2D eigenvalue weighted by Gasteiger charge is 2.22. The Labute approximate surface area is 162 Å². The molecule has 1 fully saturated rings. The second-order valence-corrected chi connectivity index (χ2v) is 7.87. The van der Waals surface area contributed by atoms with Gasteiger partial charge in [-0.3, -0.25) is 0 Å². The third-order valence-corrected chi connectivity index (χ3v) is 5.76. The van der Waals surface area contributed by atoms with E-state index in [0.29, 0.717) is 31.0 Å². The highest BCUT2D eigenvalue weighted by molar-refractivity contribution is 7.16. The van der Waals surface area contributed by atoms with Gasteiger partial charge in [-0.25, -0.2) is 9.78 Å². The van der Waals surface area contributed by atoms with Crippen LogP contribution in [0.1, 0.15) is 29.8 Å². The van der Waals surface area contributed by atoms with Crippen LogP contribution >= 0.6 is 22.9 Å². The van der Waals surface area contributed by atoms with E-state index in [1.807, 2.05) is 24.0 Å². The summed E-state index contributed by atoms with van der Waals surface area (Å²) < 4.78 is 0.718. The number of carbonyl (C=O) groups excluding carboxylic acids is 1. The molecule has 2 aromatic heterocycles. The minimum atomic E-state index is -0.0830. The lowest BCUT2D eigenvalue weighted by Crippen LogP contribution is -2.42. The Morgan fingerprint density at radius 1 is 1.35 bits per heavy atom. The molecule has 3 heterocycles. The van der Waals surface area contributed by atoms with E-state index in [1.165, 1.54) is 11.3 Å². The van der Waals surface area contributed by atoms with Gasteiger partial charge in [0, 0.05) is 37.3 Å². The second-order valence-electron chi connectivity index (χ2n) is 6.13. The first-order chi connectivity index (χ1) is 12.6. The molecule has 0 aliphatic carbocycles. The van der Waals surface area contributed by atoms with Gasteiger partial charge in [-0.2, -0.15) is 5.26 Å². The number of hydrogen-bond donors (Lipinski definition) is 1. The number of pyridine rings is 1. The SMILES string of the molecule is CC(NC(=O)N1CCCN(c2ncccc2C#N)CC1)c1ccc(Cl)s1. The summed E-state index contributed by atoms with van der Waals surface area (Å²) in [5.74, 6) is 0.693. The summed E-state index contributed by atoms with van der Waals surface area (Å²) in [6, 6.07) is 9.33. The van der Waals surface area contributed by atoms with E-state index in [9.17, 15) is 10.1 Å². The van der Waals surface area contributed by atoms with E-state index >= 15 is 0 Å². The van der Waals surface area contributed by atoms with E-state index in [-0.39, 0.29) is 12.1 Å². The van der Waals surface area contributed by atoms with Crippen molar-refractivity contribution >= 4 is 34.8 Å². The third kappa shape index (κ3) is 4.26. The number of carbonyl (C=O) groups is 1. The monoisotopic (exact) mass is 389 g/mol. The summed E-state index contributed by atoms with van der Waals surface area (Å²) in [5, 5.41) is 12.3. The lowest BCUT2D eigenvalue weighted by Gasteiger charge is -2.24. The zero-order valence-corrected chi connectivity index (χ0v) is 16.1. The van der Waals surface area contributed by atoms with Gasteiger partial charge in [-0.1, -0.05) is 11.6 Å². The van der Waals surface area contributed by atoms with Crippen molar-refractivity contribution in [2.45, 2.75) is 19.4 Å². The van der Waals surface area contributed by atoms with Crippen LogP contribution in [0.3, 0.4) is 0 Å². The van der Waals surface area contributed by atoms with Crippen molar-refractivity contribution in [3.05, 3.63) is 45.2 Å². The van der Waals surface area contributed by atoms with Crippen molar-refractivity contribution < 1.29 is 4.79 Å². The second kappa shape index (κ2) is 8.39. The van der Waals surface area contributed by atoms with Crippen LogP contribution in [-0.4, -0.2) is 42.1 Å². The number of hydrogen-bond acceptors (Lipinski definition) is 5. The van der Waals surface area contributed by atoms with Crippen LogP contribution < -0.4 is 10.2 Å². The Bertz CT molecular complexity index is 818. The van der Waals surface area contributed by atoms with Crippen LogP contribution in [0.5, 0.6) is 0 Å². The van der Waals surface area contributed by atoms with Gasteiger partial charge in [0.05, 0.1) is 15.9 Å². The molecule has 1 saturated heterocycles. The van der Waals surface area contributed by atoms with Crippen LogP contribution in [-0.2, 0) is 0 Å². The van der Waals surface area contributed by atoms with Gasteiger partial charge in [-0.15, -0.1) is 11.3 Å². The number of nitrogens with zero attached hydrogens (tertiary/aromatic N) is 4. The van der Waals surface area contributed by atoms with Gasteiger partial charge in [0.2, 0.25) is 0 Å². The zero-order valence-electron chi connectivity index (χ0n) is 14.5. The van der Waals surface area contributed by atoms with Crippen molar-refractivity contribution in [2.75, 3.05) is 31.1 Å². The average Bonchev–Trinajstić information content (AvgIpc) is 2.94. The Morgan fingerprint density at radius 3 is 2.92 bits per heavy atom. The summed E-state index contributed by atoms with van der Waals surface area (Å²) in [5.41, 5.74) is 0.564. The molecule has 1 aliphatic rings. The average molecular weight is 390 g/mol. The number of urea groups is 1. The summed E-state index contributed by atoms with van der Waals surface area (Å²) in [6.45, 7) is 4.64. The van der Waals surface area contributed by atoms with Crippen LogP contribution in [0.4, 0.5) is 10.6 Å². The van der Waals surface area contributed by atoms with E-state index in [1.54, 1.807) is 18.3 Å². The van der Waals surface area contributed by atoms with Crippen LogP contribution in [0.15, 0.2) is 30.5 Å². The van der Waals surface area contributed by atoms with E-state index in [2.05, 4.69) is 21.3 Å². The normalized spacial score (nSPS) is 15.9. The highest BCUT2D eigenvalue weighted by Crippen LogP contribution is 2.26. The number of nitrogens with one attached hydrogen (secondary N) is 1. The van der Waals surface area contributed by atoms with Gasteiger partial charge in [-0.05, 0) is 37.6 Å². The fourth-order valence-corrected chi connectivity index (χ4v) is 4.04. The van der Waals surface area contributed by atoms with Crippen molar-refractivity contribution in [2.24, 2.45) is 0 Å². The summed E-state index contributed by atoms with van der Waals surface area (Å²) in [6.07, 6.45) is 2.52. The molecule has 26 heavy (non-hydrogen) atoms. The Balaban J connectivity index is 1.61. The van der Waals surface area contributed by atoms with Crippen molar-refractivity contribution in [1.29, 1.82) is 5.26 Å². The van der Waals surface area contributed by atoms with Crippen molar-refractivity contribution in [1.82, 2.24) is 15.2 Å². The predicted molar refractivity (Wildman–Crippen MR) is 104 cm³/mol. The lowest BCUT2D eigenvalue weighted by molar-refractivity contribution is 0.198. The fraction of sp³-hybridized carbons (Fsp3) is 0.389. The number of anilines is 1. The first-order valence-electron chi connectivity index (χ1n) is 8.49. The smallest absolute Gasteiger partial charge is 0.317 e. The van der Waals surface area contributed by atoms with Gasteiger partial charge in [0.1, 0.15) is 11.9 Å². The standard InChI is InChI=1S/C18H20ClN5OS/c1-13(15-5-6-16(19)26-15)22-18(25)24-9-3-8-23(10-11-24)17-14(12-20)4-2-7-21-17/h2,4-7,13H,3,8-11H2,1H3,(H,22,25). The number of amides is 2. The van der Waals surface area contributed by atoms with Crippen LogP contribution in [0.2, 0.25) is 4.34 Å². The molecule has 0 aromatic carbocycles. The van der Waals surface area contributed by atoms with Crippen LogP contribution in [0, 0.1) is 11.3 Å². The summed E-state index contributed by atoms with van der Waals surface area (Å²) in [4.78, 5) is 21.9. The number of nitriles is 1. The van der Waals surface area contributed by atoms with Gasteiger partial charge in [0.15, 0.2) is 0 Å². The number of halogens is 1. The van der Waals surface area contributed by atoms with E-state index < -0.39 is 0 Å². The molecule has 0 saturated carbocycles. The topological polar surface area (TPSA) is 72.3 Å². The Kier molecular flexibility index (Phi) is 5.96. The van der Waals surface area contributed by atoms with Gasteiger partial charge < -0.3 is 15.1 Å². The van der Waals surface area contributed by atoms with Gasteiger partial charge >= 0.3 is 6.03 Å². The predicted octanol–water partition coefficient (Wildman–Crippen LogP) is 3.65. The highest BCUT2D eigenvalue weighted by atomic mass is 35.5. The minimum absolute atomic E-state index is 0.0783. The Morgan fingerprint density at radius 2 is 2.19 bits per heavy atom. The third-order valence-electron chi connectivity index (χ3n) is 4.35. The molecule has 1 N–H and O–H groups in total. The Hall–Kier alpha value is -2.30. The zero-order chi connectivity index (χ0) is 18.5. The molecule has 6 nitrogen and oxygen atoms in total. The lowest BCUT2D eigenvalue weighted by atomic mass is 10.2. The molecule has 1 unspecified atom stereocenters. The van der Waals surface area contributed by atoms with E-state index in [4.69, 9.17) is 11.6 Å². The molecular formula is C18H20ClN5OS. The number of rotatable bonds is 3. The molecule has 1 atom stereocenters. The molecule has 2 aromatic rings. The first kappa shape index (κ1) is 18.5.